The van der Waals surface area contributed by atoms with E-state index in [2.05, 4.69) is 39.6 Å². The highest BCUT2D eigenvalue weighted by molar-refractivity contribution is 6.43. The molecule has 0 bridgehead atoms. The summed E-state index contributed by atoms with van der Waals surface area (Å²) in [5.74, 6) is 1.31. The molecule has 1 aliphatic heterocycles. The maximum atomic E-state index is 6.38. The Hall–Kier alpha value is -1.43. The van der Waals surface area contributed by atoms with Crippen molar-refractivity contribution >= 4 is 45.7 Å². The fourth-order valence-corrected chi connectivity index (χ4v) is 4.63. The predicted octanol–water partition coefficient (Wildman–Crippen LogP) is 6.11. The molecule has 1 aromatic heterocycles. The number of benzene rings is 2. The average molecular weight is 467 g/mol. The van der Waals surface area contributed by atoms with Crippen LogP contribution in [-0.4, -0.2) is 54.1 Å². The number of fused-ring (bicyclic) bond motifs is 1. The quantitative estimate of drug-likeness (QED) is 0.409. The van der Waals surface area contributed by atoms with E-state index in [0.29, 0.717) is 20.8 Å². The Morgan fingerprint density at radius 2 is 1.60 bits per heavy atom. The van der Waals surface area contributed by atoms with Crippen molar-refractivity contribution in [3.8, 4) is 11.6 Å². The molecular weight excluding hydrogens is 441 g/mol. The number of piperazine rings is 1. The van der Waals surface area contributed by atoms with Gasteiger partial charge in [-0.15, -0.1) is 0 Å². The van der Waals surface area contributed by atoms with Crippen molar-refractivity contribution in [3.05, 3.63) is 57.0 Å². The molecule has 0 spiro atoms. The summed E-state index contributed by atoms with van der Waals surface area (Å²) in [5.41, 5.74) is 2.34. The van der Waals surface area contributed by atoms with E-state index >= 15 is 0 Å². The average Bonchev–Trinajstić information content (AvgIpc) is 2.99. The Morgan fingerprint density at radius 3 is 2.37 bits per heavy atom. The first-order valence-corrected chi connectivity index (χ1v) is 11.4. The second-order valence-electron chi connectivity index (χ2n) is 7.91. The number of likely N-dealkylation sites (N-methyl/N-ethyl adjacent to an activating group) is 1. The third-order valence-electron chi connectivity index (χ3n) is 5.83. The highest BCUT2D eigenvalue weighted by atomic mass is 35.5. The lowest BCUT2D eigenvalue weighted by Crippen LogP contribution is -2.44. The van der Waals surface area contributed by atoms with Gasteiger partial charge in [-0.2, -0.15) is 0 Å². The second-order valence-corrected chi connectivity index (χ2v) is 9.13. The molecule has 4 nitrogen and oxygen atoms in total. The smallest absolute Gasteiger partial charge is 0.204 e. The lowest BCUT2D eigenvalue weighted by atomic mass is 10.1. The summed E-state index contributed by atoms with van der Waals surface area (Å²) in [7, 11) is 4.21. The van der Waals surface area contributed by atoms with Crippen molar-refractivity contribution < 1.29 is 4.74 Å². The molecule has 1 saturated heterocycles. The molecule has 3 aromatic rings. The zero-order valence-corrected chi connectivity index (χ0v) is 19.6. The minimum Gasteiger partial charge on any atom is -0.439 e. The van der Waals surface area contributed by atoms with Gasteiger partial charge in [-0.3, -0.25) is 0 Å². The van der Waals surface area contributed by atoms with Crippen molar-refractivity contribution in [1.29, 1.82) is 0 Å². The Balaban J connectivity index is 1.59. The summed E-state index contributed by atoms with van der Waals surface area (Å²) in [6.45, 7) is 5.63. The molecule has 0 radical (unpaired) electrons. The van der Waals surface area contributed by atoms with Crippen LogP contribution in [-0.2, 0) is 13.5 Å². The summed E-state index contributed by atoms with van der Waals surface area (Å²) < 4.78 is 8.40. The lowest BCUT2D eigenvalue weighted by Gasteiger charge is -2.32. The van der Waals surface area contributed by atoms with Crippen molar-refractivity contribution in [2.45, 2.75) is 12.8 Å². The van der Waals surface area contributed by atoms with Gasteiger partial charge in [0, 0.05) is 50.2 Å². The van der Waals surface area contributed by atoms with Crippen LogP contribution >= 0.6 is 34.8 Å². The Morgan fingerprint density at radius 1 is 0.900 bits per heavy atom. The van der Waals surface area contributed by atoms with Crippen molar-refractivity contribution in [1.82, 2.24) is 14.4 Å². The third-order valence-corrected chi connectivity index (χ3v) is 6.85. The van der Waals surface area contributed by atoms with Crippen LogP contribution in [0.1, 0.15) is 12.0 Å². The molecule has 0 saturated carbocycles. The van der Waals surface area contributed by atoms with Gasteiger partial charge in [-0.05, 0) is 38.6 Å². The highest BCUT2D eigenvalue weighted by Crippen LogP contribution is 2.40. The SMILES string of the molecule is CN1CCN(CCCc2c(Oc3cc(Cl)c(Cl)cc3Cl)n(C)c3ccccc23)CC1. The van der Waals surface area contributed by atoms with Crippen LogP contribution in [0.2, 0.25) is 15.1 Å². The molecule has 1 fully saturated rings. The zero-order chi connectivity index (χ0) is 21.3. The van der Waals surface area contributed by atoms with Crippen LogP contribution < -0.4 is 4.74 Å². The van der Waals surface area contributed by atoms with Crippen LogP contribution in [0.4, 0.5) is 0 Å². The van der Waals surface area contributed by atoms with E-state index < -0.39 is 0 Å². The van der Waals surface area contributed by atoms with Crippen molar-refractivity contribution in [3.63, 3.8) is 0 Å². The van der Waals surface area contributed by atoms with Crippen LogP contribution in [0.3, 0.4) is 0 Å². The van der Waals surface area contributed by atoms with E-state index in [0.717, 1.165) is 57.0 Å². The molecule has 0 atom stereocenters. The molecule has 160 valence electrons. The summed E-state index contributed by atoms with van der Waals surface area (Å²) in [6.07, 6.45) is 2.01. The molecule has 0 N–H and O–H groups in total. The molecule has 2 heterocycles. The van der Waals surface area contributed by atoms with Crippen molar-refractivity contribution in [2.24, 2.45) is 7.05 Å². The van der Waals surface area contributed by atoms with Gasteiger partial charge in [0.1, 0.15) is 5.75 Å². The number of halogens is 3. The molecule has 4 rings (SSSR count). The summed E-state index contributed by atoms with van der Waals surface area (Å²) >= 11 is 18.7. The van der Waals surface area contributed by atoms with E-state index in [1.54, 1.807) is 12.1 Å². The number of para-hydroxylation sites is 1. The first-order valence-electron chi connectivity index (χ1n) is 10.2. The van der Waals surface area contributed by atoms with E-state index in [1.807, 2.05) is 13.1 Å². The molecule has 0 amide bonds. The highest BCUT2D eigenvalue weighted by Gasteiger charge is 2.20. The van der Waals surface area contributed by atoms with E-state index in [-0.39, 0.29) is 0 Å². The van der Waals surface area contributed by atoms with Crippen LogP contribution in [0.5, 0.6) is 11.6 Å². The van der Waals surface area contributed by atoms with E-state index in [1.165, 1.54) is 10.9 Å². The number of ether oxygens (including phenoxy) is 1. The maximum absolute atomic E-state index is 6.38. The molecule has 1 aliphatic rings. The lowest BCUT2D eigenvalue weighted by molar-refractivity contribution is 0.153. The number of aryl methyl sites for hydroxylation is 2. The molecule has 2 aromatic carbocycles. The molecule has 7 heteroatoms. The van der Waals surface area contributed by atoms with Gasteiger partial charge >= 0.3 is 0 Å². The molecule has 0 unspecified atom stereocenters. The first kappa shape index (κ1) is 21.8. The minimum absolute atomic E-state index is 0.415. The van der Waals surface area contributed by atoms with Gasteiger partial charge in [0.2, 0.25) is 5.88 Å². The van der Waals surface area contributed by atoms with Crippen LogP contribution in [0.25, 0.3) is 10.9 Å². The third kappa shape index (κ3) is 4.58. The topological polar surface area (TPSA) is 20.6 Å². The molecular formula is C23H26Cl3N3O. The monoisotopic (exact) mass is 465 g/mol. The summed E-state index contributed by atoms with van der Waals surface area (Å²) in [5, 5.41) is 2.49. The van der Waals surface area contributed by atoms with Gasteiger partial charge in [0.05, 0.1) is 20.6 Å². The first-order chi connectivity index (χ1) is 14.4. The van der Waals surface area contributed by atoms with E-state index in [4.69, 9.17) is 39.5 Å². The second kappa shape index (κ2) is 9.37. The fraction of sp³-hybridized carbons (Fsp3) is 0.391. The van der Waals surface area contributed by atoms with Gasteiger partial charge in [0.15, 0.2) is 0 Å². The van der Waals surface area contributed by atoms with Crippen molar-refractivity contribution in [2.75, 3.05) is 39.8 Å². The molecule has 0 aliphatic carbocycles. The van der Waals surface area contributed by atoms with Crippen LogP contribution in [0, 0.1) is 0 Å². The van der Waals surface area contributed by atoms with Crippen LogP contribution in [0.15, 0.2) is 36.4 Å². The fourth-order valence-electron chi connectivity index (χ4n) is 4.06. The minimum atomic E-state index is 0.415. The van der Waals surface area contributed by atoms with E-state index in [9.17, 15) is 0 Å². The number of nitrogens with zero attached hydrogens (tertiary/aromatic N) is 3. The number of aromatic nitrogens is 1. The Kier molecular flexibility index (Phi) is 6.81. The number of hydrogen-bond acceptors (Lipinski definition) is 3. The summed E-state index contributed by atoms with van der Waals surface area (Å²) in [4.78, 5) is 4.93. The largest absolute Gasteiger partial charge is 0.439 e. The van der Waals surface area contributed by atoms with Gasteiger partial charge < -0.3 is 19.1 Å². The predicted molar refractivity (Wildman–Crippen MR) is 127 cm³/mol. The Labute approximate surface area is 192 Å². The number of hydrogen-bond donors (Lipinski definition) is 0. The zero-order valence-electron chi connectivity index (χ0n) is 17.3. The summed E-state index contributed by atoms with van der Waals surface area (Å²) in [6, 6.07) is 11.7. The normalized spacial score (nSPS) is 15.8. The Bertz CT molecular complexity index is 1040. The standard InChI is InChI=1S/C23H26Cl3N3O/c1-27-10-12-29(13-11-27)9-5-7-17-16-6-3-4-8-21(16)28(2)23(17)30-22-15-19(25)18(24)14-20(22)26/h3-4,6,8,14-15H,5,7,9-13H2,1-2H3. The number of rotatable bonds is 6. The maximum Gasteiger partial charge on any atom is 0.204 e. The van der Waals surface area contributed by atoms with Gasteiger partial charge in [-0.25, -0.2) is 0 Å². The van der Waals surface area contributed by atoms with Gasteiger partial charge in [-0.1, -0.05) is 53.0 Å². The van der Waals surface area contributed by atoms with Gasteiger partial charge in [0.25, 0.3) is 0 Å². The molecule has 30 heavy (non-hydrogen) atoms.